The molecule has 16 heavy (non-hydrogen) atoms. The van der Waals surface area contributed by atoms with Crippen LogP contribution in [0.3, 0.4) is 0 Å². The molecule has 90 valence electrons. The Morgan fingerprint density at radius 3 is 2.75 bits per heavy atom. The van der Waals surface area contributed by atoms with E-state index in [1.165, 1.54) is 12.1 Å². The van der Waals surface area contributed by atoms with Gasteiger partial charge in [0, 0.05) is 13.0 Å². The van der Waals surface area contributed by atoms with Gasteiger partial charge < -0.3 is 9.84 Å². The van der Waals surface area contributed by atoms with Gasteiger partial charge in [-0.05, 0) is 24.1 Å². The zero-order valence-corrected chi connectivity index (χ0v) is 10.2. The average Bonchev–Trinajstić information content (AvgIpc) is 2.24. The Morgan fingerprint density at radius 1 is 1.50 bits per heavy atom. The van der Waals surface area contributed by atoms with Crippen LogP contribution in [0.2, 0.25) is 5.02 Å². The van der Waals surface area contributed by atoms with Gasteiger partial charge in [0.25, 0.3) is 0 Å². The van der Waals surface area contributed by atoms with Crippen LogP contribution >= 0.6 is 11.6 Å². The lowest BCUT2D eigenvalue weighted by Gasteiger charge is -2.18. The van der Waals surface area contributed by atoms with Gasteiger partial charge in [-0.25, -0.2) is 4.39 Å². The lowest BCUT2D eigenvalue weighted by Crippen LogP contribution is -2.24. The molecule has 0 aliphatic carbocycles. The standard InChI is InChI=1S/C12H16ClFO2/c1-8(7-16-2)12(15)6-9-3-4-10(13)11(14)5-9/h3-5,8,12,15H,6-7H2,1-2H3. The second-order valence-corrected chi connectivity index (χ2v) is 4.36. The summed E-state index contributed by atoms with van der Waals surface area (Å²) in [5.41, 5.74) is 0.734. The average molecular weight is 247 g/mol. The first-order valence-electron chi connectivity index (χ1n) is 5.15. The van der Waals surface area contributed by atoms with Crippen molar-refractivity contribution in [1.82, 2.24) is 0 Å². The Morgan fingerprint density at radius 2 is 2.19 bits per heavy atom. The maximum atomic E-state index is 13.1. The van der Waals surface area contributed by atoms with Gasteiger partial charge >= 0.3 is 0 Å². The molecule has 0 aliphatic rings. The molecule has 0 radical (unpaired) electrons. The van der Waals surface area contributed by atoms with Crippen LogP contribution in [-0.4, -0.2) is 24.9 Å². The lowest BCUT2D eigenvalue weighted by molar-refractivity contribution is 0.0574. The number of hydrogen-bond donors (Lipinski definition) is 1. The summed E-state index contributed by atoms with van der Waals surface area (Å²) in [5, 5.41) is 9.93. The number of aliphatic hydroxyl groups is 1. The highest BCUT2D eigenvalue weighted by molar-refractivity contribution is 6.30. The van der Waals surface area contributed by atoms with Crippen LogP contribution in [0.4, 0.5) is 4.39 Å². The van der Waals surface area contributed by atoms with Crippen molar-refractivity contribution in [3.8, 4) is 0 Å². The molecule has 0 bridgehead atoms. The SMILES string of the molecule is COCC(C)C(O)Cc1ccc(Cl)c(F)c1. The molecule has 2 atom stereocenters. The van der Waals surface area contributed by atoms with Crippen LogP contribution in [0.25, 0.3) is 0 Å². The van der Waals surface area contributed by atoms with E-state index < -0.39 is 11.9 Å². The smallest absolute Gasteiger partial charge is 0.142 e. The second-order valence-electron chi connectivity index (χ2n) is 3.95. The molecule has 1 rings (SSSR count). The van der Waals surface area contributed by atoms with E-state index in [2.05, 4.69) is 0 Å². The monoisotopic (exact) mass is 246 g/mol. The zero-order chi connectivity index (χ0) is 12.1. The van der Waals surface area contributed by atoms with E-state index in [9.17, 15) is 9.50 Å². The number of benzene rings is 1. The number of rotatable bonds is 5. The Kier molecular flexibility index (Phi) is 5.19. The summed E-state index contributed by atoms with van der Waals surface area (Å²) in [6.07, 6.45) is -0.140. The van der Waals surface area contributed by atoms with Crippen molar-refractivity contribution in [2.24, 2.45) is 5.92 Å². The highest BCUT2D eigenvalue weighted by Crippen LogP contribution is 2.18. The second kappa shape index (κ2) is 6.18. The first kappa shape index (κ1) is 13.4. The summed E-state index contributed by atoms with van der Waals surface area (Å²) in [6, 6.07) is 4.57. The maximum absolute atomic E-state index is 13.1. The van der Waals surface area contributed by atoms with Gasteiger partial charge in [0.2, 0.25) is 0 Å². The van der Waals surface area contributed by atoms with Crippen LogP contribution < -0.4 is 0 Å². The molecule has 2 nitrogen and oxygen atoms in total. The summed E-state index contributed by atoms with van der Waals surface area (Å²) >= 11 is 5.57. The van der Waals surface area contributed by atoms with Gasteiger partial charge in [-0.1, -0.05) is 24.6 Å². The van der Waals surface area contributed by atoms with Crippen LogP contribution in [0.1, 0.15) is 12.5 Å². The van der Waals surface area contributed by atoms with Crippen molar-refractivity contribution in [3.63, 3.8) is 0 Å². The van der Waals surface area contributed by atoms with Crippen molar-refractivity contribution in [2.45, 2.75) is 19.4 Å². The lowest BCUT2D eigenvalue weighted by atomic mass is 9.98. The van der Waals surface area contributed by atoms with Gasteiger partial charge in [-0.3, -0.25) is 0 Å². The molecule has 0 heterocycles. The van der Waals surface area contributed by atoms with Gasteiger partial charge in [-0.2, -0.15) is 0 Å². The Bertz CT molecular complexity index is 344. The van der Waals surface area contributed by atoms with Gasteiger partial charge in [0.15, 0.2) is 0 Å². The van der Waals surface area contributed by atoms with E-state index in [0.29, 0.717) is 13.0 Å². The van der Waals surface area contributed by atoms with E-state index in [1.54, 1.807) is 13.2 Å². The molecule has 0 amide bonds. The molecule has 0 spiro atoms. The van der Waals surface area contributed by atoms with Gasteiger partial charge in [0.1, 0.15) is 5.82 Å². The third-order valence-electron chi connectivity index (χ3n) is 2.52. The fourth-order valence-corrected chi connectivity index (χ4v) is 1.60. The summed E-state index contributed by atoms with van der Waals surface area (Å²) in [4.78, 5) is 0. The largest absolute Gasteiger partial charge is 0.392 e. The quantitative estimate of drug-likeness (QED) is 0.866. The molecule has 1 N–H and O–H groups in total. The third kappa shape index (κ3) is 3.74. The third-order valence-corrected chi connectivity index (χ3v) is 2.82. The molecule has 2 unspecified atom stereocenters. The van der Waals surface area contributed by atoms with Crippen LogP contribution in [0.15, 0.2) is 18.2 Å². The number of aliphatic hydroxyl groups excluding tert-OH is 1. The van der Waals surface area contributed by atoms with E-state index in [0.717, 1.165) is 5.56 Å². The predicted molar refractivity (Wildman–Crippen MR) is 62.2 cm³/mol. The molecular weight excluding hydrogens is 231 g/mol. The summed E-state index contributed by atoms with van der Waals surface area (Å²) in [5.74, 6) is -0.436. The molecule has 0 saturated heterocycles. The van der Waals surface area contributed by atoms with Gasteiger partial charge in [0.05, 0.1) is 17.7 Å². The van der Waals surface area contributed by atoms with E-state index in [1.807, 2.05) is 6.92 Å². The highest BCUT2D eigenvalue weighted by Gasteiger charge is 2.15. The van der Waals surface area contributed by atoms with Crippen LogP contribution in [-0.2, 0) is 11.2 Å². The van der Waals surface area contributed by atoms with E-state index >= 15 is 0 Å². The van der Waals surface area contributed by atoms with Crippen molar-refractivity contribution in [2.75, 3.05) is 13.7 Å². The number of methoxy groups -OCH3 is 1. The molecule has 0 aromatic heterocycles. The molecule has 4 heteroatoms. The number of hydrogen-bond acceptors (Lipinski definition) is 2. The predicted octanol–water partition coefficient (Wildman–Crippen LogP) is 2.67. The van der Waals surface area contributed by atoms with Crippen molar-refractivity contribution in [3.05, 3.63) is 34.6 Å². The summed E-state index contributed by atoms with van der Waals surface area (Å²) in [6.45, 7) is 2.37. The van der Waals surface area contributed by atoms with Gasteiger partial charge in [-0.15, -0.1) is 0 Å². The fraction of sp³-hybridized carbons (Fsp3) is 0.500. The van der Waals surface area contributed by atoms with Crippen molar-refractivity contribution < 1.29 is 14.2 Å². The zero-order valence-electron chi connectivity index (χ0n) is 9.41. The summed E-state index contributed by atoms with van der Waals surface area (Å²) in [7, 11) is 1.59. The first-order chi connectivity index (χ1) is 7.54. The first-order valence-corrected chi connectivity index (χ1v) is 5.53. The topological polar surface area (TPSA) is 29.5 Å². The van der Waals surface area contributed by atoms with Crippen LogP contribution in [0.5, 0.6) is 0 Å². The minimum atomic E-state index is -0.541. The van der Waals surface area contributed by atoms with Crippen molar-refractivity contribution in [1.29, 1.82) is 0 Å². The Hall–Kier alpha value is -0.640. The normalized spacial score (nSPS) is 14.8. The van der Waals surface area contributed by atoms with E-state index in [-0.39, 0.29) is 10.9 Å². The molecule has 1 aromatic carbocycles. The molecule has 0 fully saturated rings. The highest BCUT2D eigenvalue weighted by atomic mass is 35.5. The van der Waals surface area contributed by atoms with E-state index in [4.69, 9.17) is 16.3 Å². The molecule has 1 aromatic rings. The molecule has 0 aliphatic heterocycles. The Labute approximate surface area is 100.0 Å². The van der Waals surface area contributed by atoms with Crippen molar-refractivity contribution >= 4 is 11.6 Å². The minimum absolute atomic E-state index is 0.0174. The molecule has 0 saturated carbocycles. The Balaban J connectivity index is 2.62. The summed E-state index contributed by atoms with van der Waals surface area (Å²) < 4.78 is 18.1. The number of halogens is 2. The molecular formula is C12H16ClFO2. The number of ether oxygens (including phenoxy) is 1. The fourth-order valence-electron chi connectivity index (χ4n) is 1.48. The van der Waals surface area contributed by atoms with Crippen LogP contribution in [0, 0.1) is 11.7 Å². The minimum Gasteiger partial charge on any atom is -0.392 e. The maximum Gasteiger partial charge on any atom is 0.142 e.